The molecule has 0 aliphatic carbocycles. The standard InChI is InChI=1S/C17H14ClN5O4S/c1-22-16(11-8-10(18)6-7-14(11)24)20-21-17(22)28-9-15(25)19-12-4-2-3-5-13(12)23(26)27/h2-8,24H,9H2,1H3,(H,19,25). The zero-order valence-corrected chi connectivity index (χ0v) is 16.1. The zero-order chi connectivity index (χ0) is 20.3. The highest BCUT2D eigenvalue weighted by molar-refractivity contribution is 7.99. The van der Waals surface area contributed by atoms with Crippen LogP contribution >= 0.6 is 23.4 Å². The Bertz CT molecular complexity index is 1060. The van der Waals surface area contributed by atoms with E-state index in [1.807, 2.05) is 0 Å². The van der Waals surface area contributed by atoms with Gasteiger partial charge in [0.25, 0.3) is 5.69 Å². The summed E-state index contributed by atoms with van der Waals surface area (Å²) in [7, 11) is 1.69. The van der Waals surface area contributed by atoms with Crippen LogP contribution in [0.1, 0.15) is 0 Å². The molecule has 3 aromatic rings. The van der Waals surface area contributed by atoms with Gasteiger partial charge in [-0.25, -0.2) is 0 Å². The van der Waals surface area contributed by atoms with Gasteiger partial charge >= 0.3 is 0 Å². The SMILES string of the molecule is Cn1c(SCC(=O)Nc2ccccc2[N+](=O)[O-])nnc1-c1cc(Cl)ccc1O. The Morgan fingerprint density at radius 2 is 2.07 bits per heavy atom. The van der Waals surface area contributed by atoms with Crippen LogP contribution in [0.2, 0.25) is 5.02 Å². The van der Waals surface area contributed by atoms with Gasteiger partial charge in [-0.15, -0.1) is 10.2 Å². The molecular weight excluding hydrogens is 406 g/mol. The van der Waals surface area contributed by atoms with Crippen LogP contribution < -0.4 is 5.32 Å². The number of amides is 1. The van der Waals surface area contributed by atoms with Crippen molar-refractivity contribution in [2.75, 3.05) is 11.1 Å². The van der Waals surface area contributed by atoms with Crippen molar-refractivity contribution in [1.82, 2.24) is 14.8 Å². The number of nitrogens with zero attached hydrogens (tertiary/aromatic N) is 4. The van der Waals surface area contributed by atoms with E-state index in [0.717, 1.165) is 11.8 Å². The first kappa shape index (κ1) is 19.6. The molecule has 0 atom stereocenters. The third kappa shape index (κ3) is 4.24. The number of phenols is 1. The summed E-state index contributed by atoms with van der Waals surface area (Å²) in [5.74, 6) is -0.0545. The van der Waals surface area contributed by atoms with Crippen LogP contribution in [0, 0.1) is 10.1 Å². The van der Waals surface area contributed by atoms with E-state index in [1.54, 1.807) is 29.8 Å². The fourth-order valence-electron chi connectivity index (χ4n) is 2.42. The molecule has 28 heavy (non-hydrogen) atoms. The molecule has 0 saturated carbocycles. The molecule has 3 rings (SSSR count). The van der Waals surface area contributed by atoms with Crippen LogP contribution in [0.15, 0.2) is 47.6 Å². The number of carbonyl (C=O) groups is 1. The van der Waals surface area contributed by atoms with E-state index in [9.17, 15) is 20.0 Å². The summed E-state index contributed by atoms with van der Waals surface area (Å²) in [5, 5.41) is 32.5. The fourth-order valence-corrected chi connectivity index (χ4v) is 3.30. The Morgan fingerprint density at radius 3 is 2.82 bits per heavy atom. The molecule has 2 N–H and O–H groups in total. The maximum atomic E-state index is 12.2. The van der Waals surface area contributed by atoms with Gasteiger partial charge in [-0.3, -0.25) is 14.9 Å². The molecule has 0 bridgehead atoms. The van der Waals surface area contributed by atoms with Crippen molar-refractivity contribution in [3.63, 3.8) is 0 Å². The molecule has 144 valence electrons. The van der Waals surface area contributed by atoms with Crippen molar-refractivity contribution in [2.24, 2.45) is 7.05 Å². The maximum absolute atomic E-state index is 12.2. The molecule has 0 unspecified atom stereocenters. The van der Waals surface area contributed by atoms with Crippen LogP contribution in [-0.2, 0) is 11.8 Å². The molecular formula is C17H14ClN5O4S. The highest BCUT2D eigenvalue weighted by Crippen LogP contribution is 2.32. The second kappa shape index (κ2) is 8.28. The lowest BCUT2D eigenvalue weighted by molar-refractivity contribution is -0.383. The number of carbonyl (C=O) groups excluding carboxylic acids is 1. The van der Waals surface area contributed by atoms with Crippen molar-refractivity contribution in [1.29, 1.82) is 0 Å². The molecule has 1 heterocycles. The molecule has 0 aliphatic rings. The normalized spacial score (nSPS) is 10.6. The highest BCUT2D eigenvalue weighted by Gasteiger charge is 2.18. The van der Waals surface area contributed by atoms with E-state index in [4.69, 9.17) is 11.6 Å². The van der Waals surface area contributed by atoms with Gasteiger partial charge in [0.05, 0.1) is 16.2 Å². The van der Waals surface area contributed by atoms with Gasteiger partial charge in [-0.2, -0.15) is 0 Å². The number of nitro benzene ring substituents is 1. The minimum atomic E-state index is -0.560. The number of halogens is 1. The number of rotatable bonds is 6. The van der Waals surface area contributed by atoms with Crippen molar-refractivity contribution in [2.45, 2.75) is 5.16 Å². The van der Waals surface area contributed by atoms with Crippen LogP contribution in [0.25, 0.3) is 11.4 Å². The first-order valence-corrected chi connectivity index (χ1v) is 9.27. The number of thioether (sulfide) groups is 1. The second-order valence-corrected chi connectivity index (χ2v) is 7.02. The Kier molecular flexibility index (Phi) is 5.81. The van der Waals surface area contributed by atoms with Crippen molar-refractivity contribution in [3.8, 4) is 17.1 Å². The lowest BCUT2D eigenvalue weighted by Crippen LogP contribution is -2.15. The molecule has 11 heteroatoms. The number of nitro groups is 1. The van der Waals surface area contributed by atoms with Gasteiger partial charge in [0.1, 0.15) is 11.4 Å². The maximum Gasteiger partial charge on any atom is 0.292 e. The minimum absolute atomic E-state index is 0.00517. The summed E-state index contributed by atoms with van der Waals surface area (Å²) in [5.41, 5.74) is 0.359. The van der Waals surface area contributed by atoms with Crippen molar-refractivity contribution in [3.05, 3.63) is 57.6 Å². The van der Waals surface area contributed by atoms with E-state index < -0.39 is 10.8 Å². The smallest absolute Gasteiger partial charge is 0.292 e. The third-order valence-corrected chi connectivity index (χ3v) is 5.00. The number of hydrogen-bond donors (Lipinski definition) is 2. The van der Waals surface area contributed by atoms with Crippen molar-refractivity contribution < 1.29 is 14.8 Å². The summed E-state index contributed by atoms with van der Waals surface area (Å²) in [6.07, 6.45) is 0. The lowest BCUT2D eigenvalue weighted by atomic mass is 10.2. The molecule has 1 amide bonds. The van der Waals surface area contributed by atoms with Gasteiger partial charge < -0.3 is 15.0 Å². The van der Waals surface area contributed by atoms with Crippen LogP contribution in [0.5, 0.6) is 5.75 Å². The number of aromatic hydroxyl groups is 1. The first-order chi connectivity index (χ1) is 13.4. The summed E-state index contributed by atoms with van der Waals surface area (Å²) >= 11 is 7.07. The molecule has 2 aromatic carbocycles. The zero-order valence-electron chi connectivity index (χ0n) is 14.5. The first-order valence-electron chi connectivity index (χ1n) is 7.91. The van der Waals surface area contributed by atoms with Crippen LogP contribution in [-0.4, -0.2) is 36.5 Å². The number of anilines is 1. The molecule has 0 saturated heterocycles. The van der Waals surface area contributed by atoms with Crippen LogP contribution in [0.3, 0.4) is 0 Å². The summed E-state index contributed by atoms with van der Waals surface area (Å²) in [6.45, 7) is 0. The quantitative estimate of drug-likeness (QED) is 0.356. The van der Waals surface area contributed by atoms with Crippen molar-refractivity contribution >= 4 is 40.6 Å². The minimum Gasteiger partial charge on any atom is -0.507 e. The predicted octanol–water partition coefficient (Wildman–Crippen LogP) is 3.48. The largest absolute Gasteiger partial charge is 0.507 e. The van der Waals surface area contributed by atoms with Gasteiger partial charge in [0.2, 0.25) is 5.91 Å². The summed E-state index contributed by atoms with van der Waals surface area (Å²) in [6, 6.07) is 10.5. The molecule has 9 nitrogen and oxygen atoms in total. The average Bonchev–Trinajstić information content (AvgIpc) is 3.02. The monoisotopic (exact) mass is 419 g/mol. The summed E-state index contributed by atoms with van der Waals surface area (Å²) in [4.78, 5) is 22.6. The Labute approximate surface area is 168 Å². The highest BCUT2D eigenvalue weighted by atomic mass is 35.5. The third-order valence-electron chi connectivity index (χ3n) is 3.74. The number of hydrogen-bond acceptors (Lipinski definition) is 7. The Hall–Kier alpha value is -3.11. The molecule has 0 aliphatic heterocycles. The Balaban J connectivity index is 1.71. The topological polar surface area (TPSA) is 123 Å². The lowest BCUT2D eigenvalue weighted by Gasteiger charge is -2.07. The van der Waals surface area contributed by atoms with E-state index in [0.29, 0.717) is 21.6 Å². The van der Waals surface area contributed by atoms with Gasteiger partial charge in [-0.05, 0) is 24.3 Å². The van der Waals surface area contributed by atoms with E-state index in [-0.39, 0.29) is 22.9 Å². The number of para-hydroxylation sites is 2. The number of aromatic nitrogens is 3. The van der Waals surface area contributed by atoms with E-state index in [2.05, 4.69) is 15.5 Å². The average molecular weight is 420 g/mol. The Morgan fingerprint density at radius 1 is 1.32 bits per heavy atom. The number of nitrogens with one attached hydrogen (secondary N) is 1. The molecule has 1 aromatic heterocycles. The summed E-state index contributed by atoms with van der Waals surface area (Å²) < 4.78 is 1.62. The van der Waals surface area contributed by atoms with E-state index >= 15 is 0 Å². The second-order valence-electron chi connectivity index (χ2n) is 5.64. The van der Waals surface area contributed by atoms with Gasteiger partial charge in [0, 0.05) is 18.1 Å². The van der Waals surface area contributed by atoms with E-state index in [1.165, 1.54) is 24.3 Å². The predicted molar refractivity (Wildman–Crippen MR) is 106 cm³/mol. The van der Waals surface area contributed by atoms with Crippen LogP contribution in [0.4, 0.5) is 11.4 Å². The van der Waals surface area contributed by atoms with Gasteiger partial charge in [0.15, 0.2) is 11.0 Å². The number of benzene rings is 2. The fraction of sp³-hybridized carbons (Fsp3) is 0.118. The molecule has 0 spiro atoms. The molecule has 0 radical (unpaired) electrons. The van der Waals surface area contributed by atoms with Gasteiger partial charge in [-0.1, -0.05) is 35.5 Å². The molecule has 0 fully saturated rings. The number of phenolic OH excluding ortho intramolecular Hbond substituents is 1.